The number of hydrogen-bond acceptors (Lipinski definition) is 4. The highest BCUT2D eigenvalue weighted by molar-refractivity contribution is 5.77. The Morgan fingerprint density at radius 1 is 0.931 bits per heavy atom. The number of carbonyl (C=O) groups excluding carboxylic acids is 1. The molecule has 0 spiro atoms. The van der Waals surface area contributed by atoms with Gasteiger partial charge >= 0.3 is 0 Å². The molecule has 1 aliphatic rings. The molecule has 2 aromatic carbocycles. The van der Waals surface area contributed by atoms with E-state index in [1.165, 1.54) is 11.1 Å². The lowest BCUT2D eigenvalue weighted by molar-refractivity contribution is -0.123. The summed E-state index contributed by atoms with van der Waals surface area (Å²) in [7, 11) is 0. The smallest absolute Gasteiger partial charge is 0.257 e. The first-order valence-corrected chi connectivity index (χ1v) is 10.7. The summed E-state index contributed by atoms with van der Waals surface area (Å²) in [6, 6.07) is 18.6. The van der Waals surface area contributed by atoms with Gasteiger partial charge in [0.25, 0.3) is 5.91 Å². The third-order valence-corrected chi connectivity index (χ3v) is 5.39. The van der Waals surface area contributed by atoms with Crippen LogP contribution < -0.4 is 10.1 Å². The fourth-order valence-electron chi connectivity index (χ4n) is 3.56. The quantitative estimate of drug-likeness (QED) is 0.628. The second kappa shape index (κ2) is 11.6. The molecule has 1 fully saturated rings. The van der Waals surface area contributed by atoms with Crippen LogP contribution in [0.5, 0.6) is 5.75 Å². The van der Waals surface area contributed by atoms with Crippen molar-refractivity contribution in [2.45, 2.75) is 26.3 Å². The van der Waals surface area contributed by atoms with Crippen molar-refractivity contribution in [2.24, 2.45) is 0 Å². The average Bonchev–Trinajstić information content (AvgIpc) is 2.77. The Hall–Kier alpha value is -2.37. The second-order valence-corrected chi connectivity index (χ2v) is 7.59. The van der Waals surface area contributed by atoms with E-state index in [9.17, 15) is 4.79 Å². The second-order valence-electron chi connectivity index (χ2n) is 7.59. The van der Waals surface area contributed by atoms with Gasteiger partial charge < -0.3 is 15.0 Å². The van der Waals surface area contributed by atoms with Crippen LogP contribution in [0.25, 0.3) is 0 Å². The highest BCUT2D eigenvalue weighted by Crippen LogP contribution is 2.12. The van der Waals surface area contributed by atoms with Crippen molar-refractivity contribution in [2.75, 3.05) is 45.9 Å². The first-order valence-electron chi connectivity index (χ1n) is 10.7. The molecule has 0 aliphatic carbocycles. The van der Waals surface area contributed by atoms with E-state index in [1.54, 1.807) is 0 Å². The maximum absolute atomic E-state index is 12.0. The Bertz CT molecular complexity index is 726. The molecule has 156 valence electrons. The third kappa shape index (κ3) is 7.52. The highest BCUT2D eigenvalue weighted by Gasteiger charge is 2.16. The molecule has 3 rings (SSSR count). The fraction of sp³-hybridized carbons (Fsp3) is 0.458. The van der Waals surface area contributed by atoms with Crippen molar-refractivity contribution >= 4 is 5.91 Å². The van der Waals surface area contributed by atoms with Gasteiger partial charge in [-0.1, -0.05) is 49.4 Å². The van der Waals surface area contributed by atoms with Crippen LogP contribution in [0.1, 0.15) is 24.5 Å². The first kappa shape index (κ1) is 21.3. The zero-order chi connectivity index (χ0) is 20.3. The van der Waals surface area contributed by atoms with Gasteiger partial charge in [-0.15, -0.1) is 0 Å². The summed E-state index contributed by atoms with van der Waals surface area (Å²) in [5.74, 6) is 0.683. The van der Waals surface area contributed by atoms with E-state index in [0.717, 1.165) is 57.9 Å². The Morgan fingerprint density at radius 2 is 1.62 bits per heavy atom. The van der Waals surface area contributed by atoms with Crippen LogP contribution in [0.15, 0.2) is 54.6 Å². The first-order chi connectivity index (χ1) is 14.2. The predicted octanol–water partition coefficient (Wildman–Crippen LogP) is 2.95. The normalized spacial score (nSPS) is 15.2. The fourth-order valence-corrected chi connectivity index (χ4v) is 3.56. The average molecular weight is 396 g/mol. The van der Waals surface area contributed by atoms with Gasteiger partial charge in [-0.2, -0.15) is 0 Å². The standard InChI is InChI=1S/C24H33N3O2/c1-2-21-9-11-23(12-10-21)29-20-24(28)25-13-6-14-26-15-17-27(18-16-26)19-22-7-4-3-5-8-22/h3-5,7-12H,2,6,13-20H2,1H3,(H,25,28). The number of amides is 1. The number of nitrogens with one attached hydrogen (secondary N) is 1. The minimum absolute atomic E-state index is 0.0581. The number of rotatable bonds is 10. The van der Waals surface area contributed by atoms with Crippen LogP contribution in [0.3, 0.4) is 0 Å². The monoisotopic (exact) mass is 395 g/mol. The molecule has 1 amide bonds. The largest absolute Gasteiger partial charge is 0.484 e. The molecule has 29 heavy (non-hydrogen) atoms. The molecule has 1 heterocycles. The molecule has 1 N–H and O–H groups in total. The lowest BCUT2D eigenvalue weighted by Gasteiger charge is -2.34. The molecule has 0 radical (unpaired) electrons. The van der Waals surface area contributed by atoms with Crippen LogP contribution >= 0.6 is 0 Å². The van der Waals surface area contributed by atoms with Gasteiger partial charge in [-0.25, -0.2) is 0 Å². The summed E-state index contributed by atoms with van der Waals surface area (Å²) in [6.45, 7) is 9.34. The topological polar surface area (TPSA) is 44.8 Å². The number of benzene rings is 2. The summed E-state index contributed by atoms with van der Waals surface area (Å²) in [5, 5.41) is 2.96. The molecule has 0 atom stereocenters. The zero-order valence-corrected chi connectivity index (χ0v) is 17.5. The minimum atomic E-state index is -0.0581. The molecule has 2 aromatic rings. The third-order valence-electron chi connectivity index (χ3n) is 5.39. The van der Waals surface area contributed by atoms with Crippen LogP contribution in [-0.2, 0) is 17.8 Å². The molecule has 0 bridgehead atoms. The van der Waals surface area contributed by atoms with E-state index in [0.29, 0.717) is 6.54 Å². The Morgan fingerprint density at radius 3 is 2.31 bits per heavy atom. The van der Waals surface area contributed by atoms with Gasteiger partial charge in [0.2, 0.25) is 0 Å². The van der Waals surface area contributed by atoms with E-state index in [2.05, 4.69) is 52.4 Å². The lowest BCUT2D eigenvalue weighted by atomic mass is 10.2. The highest BCUT2D eigenvalue weighted by atomic mass is 16.5. The molecule has 0 unspecified atom stereocenters. The maximum atomic E-state index is 12.0. The number of ether oxygens (including phenoxy) is 1. The number of hydrogen-bond donors (Lipinski definition) is 1. The number of nitrogens with zero attached hydrogens (tertiary/aromatic N) is 2. The molecule has 1 aliphatic heterocycles. The van der Waals surface area contributed by atoms with E-state index < -0.39 is 0 Å². The summed E-state index contributed by atoms with van der Waals surface area (Å²) in [5.41, 5.74) is 2.65. The summed E-state index contributed by atoms with van der Waals surface area (Å²) >= 11 is 0. The van der Waals surface area contributed by atoms with Crippen molar-refractivity contribution in [3.05, 3.63) is 65.7 Å². The number of piperazine rings is 1. The van der Waals surface area contributed by atoms with Crippen LogP contribution in [0.2, 0.25) is 0 Å². The van der Waals surface area contributed by atoms with Crippen molar-refractivity contribution in [3.63, 3.8) is 0 Å². The van der Waals surface area contributed by atoms with Gasteiger partial charge in [0, 0.05) is 39.3 Å². The molecule has 0 saturated carbocycles. The number of aryl methyl sites for hydroxylation is 1. The summed E-state index contributed by atoms with van der Waals surface area (Å²) < 4.78 is 5.55. The van der Waals surface area contributed by atoms with Gasteiger partial charge in [0.1, 0.15) is 5.75 Å². The van der Waals surface area contributed by atoms with Crippen molar-refractivity contribution in [1.82, 2.24) is 15.1 Å². The molecule has 0 aromatic heterocycles. The molecule has 5 nitrogen and oxygen atoms in total. The van der Waals surface area contributed by atoms with Crippen molar-refractivity contribution in [1.29, 1.82) is 0 Å². The van der Waals surface area contributed by atoms with Gasteiger partial charge in [0.05, 0.1) is 0 Å². The SMILES string of the molecule is CCc1ccc(OCC(=O)NCCCN2CCN(Cc3ccccc3)CC2)cc1. The zero-order valence-electron chi connectivity index (χ0n) is 17.5. The van der Waals surface area contributed by atoms with Crippen LogP contribution in [0, 0.1) is 0 Å². The Kier molecular flexibility index (Phi) is 8.53. The van der Waals surface area contributed by atoms with Crippen LogP contribution in [-0.4, -0.2) is 61.6 Å². The Balaban J connectivity index is 1.23. The van der Waals surface area contributed by atoms with Crippen molar-refractivity contribution < 1.29 is 9.53 Å². The van der Waals surface area contributed by atoms with E-state index in [4.69, 9.17) is 4.74 Å². The lowest BCUT2D eigenvalue weighted by Crippen LogP contribution is -2.46. The van der Waals surface area contributed by atoms with Crippen LogP contribution in [0.4, 0.5) is 0 Å². The van der Waals surface area contributed by atoms with Gasteiger partial charge in [-0.3, -0.25) is 9.69 Å². The summed E-state index contributed by atoms with van der Waals surface area (Å²) in [6.07, 6.45) is 1.97. The molecular formula is C24H33N3O2. The molecule has 1 saturated heterocycles. The van der Waals surface area contributed by atoms with E-state index in [-0.39, 0.29) is 12.5 Å². The van der Waals surface area contributed by atoms with Crippen molar-refractivity contribution in [3.8, 4) is 5.75 Å². The maximum Gasteiger partial charge on any atom is 0.257 e. The van der Waals surface area contributed by atoms with E-state index in [1.807, 2.05) is 24.3 Å². The van der Waals surface area contributed by atoms with E-state index >= 15 is 0 Å². The Labute approximate surface area is 174 Å². The molecular weight excluding hydrogens is 362 g/mol. The number of carbonyl (C=O) groups is 1. The minimum Gasteiger partial charge on any atom is -0.484 e. The predicted molar refractivity (Wildman–Crippen MR) is 117 cm³/mol. The van der Waals surface area contributed by atoms with Gasteiger partial charge in [-0.05, 0) is 42.6 Å². The summed E-state index contributed by atoms with van der Waals surface area (Å²) in [4.78, 5) is 16.9. The van der Waals surface area contributed by atoms with Gasteiger partial charge in [0.15, 0.2) is 6.61 Å². The molecule has 5 heteroatoms.